The van der Waals surface area contributed by atoms with Crippen LogP contribution in [0, 0.1) is 20.8 Å². The number of carbonyl (C=O) groups excluding carboxylic acids is 3. The average molecular weight is 428 g/mol. The summed E-state index contributed by atoms with van der Waals surface area (Å²) in [7, 11) is 1.23. The van der Waals surface area contributed by atoms with Gasteiger partial charge in [0.25, 0.3) is 0 Å². The molecule has 0 aliphatic rings. The number of halogens is 1. The molecule has 0 radical (unpaired) electrons. The first-order valence-electron chi connectivity index (χ1n) is 8.54. The zero-order valence-electron chi connectivity index (χ0n) is 16.5. The summed E-state index contributed by atoms with van der Waals surface area (Å²) in [5.41, 5.74) is 1.80. The van der Waals surface area contributed by atoms with Crippen molar-refractivity contribution in [3.63, 3.8) is 0 Å². The van der Waals surface area contributed by atoms with Crippen molar-refractivity contribution in [2.75, 3.05) is 19.0 Å². The zero-order valence-corrected chi connectivity index (χ0v) is 18.1. The number of esters is 2. The minimum Gasteiger partial charge on any atom is -0.465 e. The Bertz CT molecular complexity index is 934. The molecule has 0 bridgehead atoms. The molecule has 2 rings (SSSR count). The van der Waals surface area contributed by atoms with Crippen molar-refractivity contribution < 1.29 is 23.9 Å². The first-order chi connectivity index (χ1) is 13.1. The molecule has 1 amide bonds. The minimum atomic E-state index is -0.690. The summed E-state index contributed by atoms with van der Waals surface area (Å²) in [4.78, 5) is 37.4. The first-order valence-corrected chi connectivity index (χ1v) is 9.74. The highest BCUT2D eigenvalue weighted by Gasteiger charge is 2.29. The predicted octanol–water partition coefficient (Wildman–Crippen LogP) is 3.69. The first kappa shape index (κ1) is 21.9. The summed E-state index contributed by atoms with van der Waals surface area (Å²) in [6.07, 6.45) is 0. The lowest BCUT2D eigenvalue weighted by atomic mass is 10.1. The average Bonchev–Trinajstić information content (AvgIpc) is 3.11. The van der Waals surface area contributed by atoms with Gasteiger partial charge in [-0.15, -0.1) is 11.3 Å². The van der Waals surface area contributed by atoms with Gasteiger partial charge < -0.3 is 14.8 Å². The summed E-state index contributed by atoms with van der Waals surface area (Å²) in [6, 6.07) is -0.690. The number of rotatable bonds is 6. The number of aryl methyl sites for hydroxylation is 1. The molecular formula is C18H22ClN3O5S. The number of ether oxygens (including phenoxy) is 2. The van der Waals surface area contributed by atoms with Crippen LogP contribution >= 0.6 is 22.9 Å². The van der Waals surface area contributed by atoms with Gasteiger partial charge in [-0.1, -0.05) is 11.6 Å². The molecule has 0 aliphatic heterocycles. The van der Waals surface area contributed by atoms with Crippen molar-refractivity contribution in [1.82, 2.24) is 9.78 Å². The van der Waals surface area contributed by atoms with Gasteiger partial charge in [0.15, 0.2) is 0 Å². The third-order valence-electron chi connectivity index (χ3n) is 4.22. The van der Waals surface area contributed by atoms with E-state index >= 15 is 0 Å². The van der Waals surface area contributed by atoms with Crippen LogP contribution in [0.25, 0.3) is 0 Å². The second kappa shape index (κ2) is 8.74. The largest absolute Gasteiger partial charge is 0.465 e. The van der Waals surface area contributed by atoms with Gasteiger partial charge in [-0.2, -0.15) is 5.10 Å². The number of methoxy groups -OCH3 is 1. The van der Waals surface area contributed by atoms with E-state index in [4.69, 9.17) is 21.1 Å². The molecule has 0 saturated carbocycles. The number of nitrogens with one attached hydrogen (secondary N) is 1. The van der Waals surface area contributed by atoms with E-state index in [2.05, 4.69) is 10.4 Å². The molecule has 152 valence electrons. The van der Waals surface area contributed by atoms with Crippen LogP contribution in [0.2, 0.25) is 5.02 Å². The van der Waals surface area contributed by atoms with Gasteiger partial charge in [0.1, 0.15) is 15.9 Å². The van der Waals surface area contributed by atoms with Crippen LogP contribution in [0.15, 0.2) is 0 Å². The number of carbonyl (C=O) groups is 3. The van der Waals surface area contributed by atoms with Gasteiger partial charge in [0, 0.05) is 0 Å². The van der Waals surface area contributed by atoms with Crippen LogP contribution < -0.4 is 5.32 Å². The molecule has 1 atom stereocenters. The Morgan fingerprint density at radius 2 is 1.89 bits per heavy atom. The Kier molecular flexibility index (Phi) is 6.84. The quantitative estimate of drug-likeness (QED) is 0.706. The van der Waals surface area contributed by atoms with Gasteiger partial charge in [-0.05, 0) is 40.2 Å². The third-order valence-corrected chi connectivity index (χ3v) is 5.95. The van der Waals surface area contributed by atoms with Crippen LogP contribution in [0.5, 0.6) is 0 Å². The van der Waals surface area contributed by atoms with E-state index in [9.17, 15) is 14.4 Å². The molecular weight excluding hydrogens is 406 g/mol. The molecule has 0 saturated heterocycles. The lowest BCUT2D eigenvalue weighted by molar-refractivity contribution is -0.119. The fourth-order valence-corrected chi connectivity index (χ4v) is 3.90. The highest BCUT2D eigenvalue weighted by atomic mass is 35.5. The summed E-state index contributed by atoms with van der Waals surface area (Å²) < 4.78 is 11.3. The van der Waals surface area contributed by atoms with Crippen LogP contribution in [-0.2, 0) is 14.3 Å². The van der Waals surface area contributed by atoms with Crippen LogP contribution in [-0.4, -0.2) is 41.3 Å². The fourth-order valence-electron chi connectivity index (χ4n) is 2.69. The number of hydrogen-bond acceptors (Lipinski definition) is 7. The minimum absolute atomic E-state index is 0.127. The number of amides is 1. The normalized spacial score (nSPS) is 11.8. The molecule has 0 spiro atoms. The molecule has 0 aromatic carbocycles. The van der Waals surface area contributed by atoms with Gasteiger partial charge in [-0.3, -0.25) is 9.48 Å². The maximum atomic E-state index is 12.8. The molecule has 0 fully saturated rings. The second-order valence-corrected chi connectivity index (χ2v) is 7.47. The molecule has 2 heterocycles. The van der Waals surface area contributed by atoms with E-state index in [1.165, 1.54) is 11.8 Å². The van der Waals surface area contributed by atoms with Gasteiger partial charge in [0.2, 0.25) is 5.91 Å². The number of nitrogens with zero attached hydrogens (tertiary/aromatic N) is 2. The lowest BCUT2D eigenvalue weighted by Gasteiger charge is -2.14. The highest BCUT2D eigenvalue weighted by molar-refractivity contribution is 7.18. The molecule has 2 aromatic heterocycles. The summed E-state index contributed by atoms with van der Waals surface area (Å²) in [6.45, 7) is 8.66. The number of aromatic nitrogens is 2. The standard InChI is InChI=1S/C18H22ClN3O5S/c1-7-27-18(25)14-8(2)12(17(24)26-6)16(28-14)20-15(23)11(5)22-10(4)13(19)9(3)21-22/h11H,7H2,1-6H3,(H,20,23). The zero-order chi connectivity index (χ0) is 21.2. The van der Waals surface area contributed by atoms with Crippen LogP contribution in [0.3, 0.4) is 0 Å². The van der Waals surface area contributed by atoms with Crippen molar-refractivity contribution in [2.24, 2.45) is 0 Å². The maximum absolute atomic E-state index is 12.8. The highest BCUT2D eigenvalue weighted by Crippen LogP contribution is 2.35. The van der Waals surface area contributed by atoms with Crippen LogP contribution in [0.4, 0.5) is 5.00 Å². The topological polar surface area (TPSA) is 99.5 Å². The fraction of sp³-hybridized carbons (Fsp3) is 0.444. The molecule has 28 heavy (non-hydrogen) atoms. The van der Waals surface area contributed by atoms with E-state index < -0.39 is 23.9 Å². The van der Waals surface area contributed by atoms with Gasteiger partial charge in [-0.25, -0.2) is 9.59 Å². The SMILES string of the molecule is CCOC(=O)c1sc(NC(=O)C(C)n2nc(C)c(Cl)c2C)c(C(=O)OC)c1C. The maximum Gasteiger partial charge on any atom is 0.348 e. The van der Waals surface area contributed by atoms with Crippen molar-refractivity contribution in [3.8, 4) is 0 Å². The number of thiophene rings is 1. The molecule has 1 unspecified atom stereocenters. The molecule has 2 aromatic rings. The van der Waals surface area contributed by atoms with Gasteiger partial charge in [0.05, 0.1) is 35.7 Å². The lowest BCUT2D eigenvalue weighted by Crippen LogP contribution is -2.25. The number of anilines is 1. The Labute approximate surface area is 171 Å². The van der Waals surface area contributed by atoms with E-state index in [1.807, 2.05) is 0 Å². The predicted molar refractivity (Wildman–Crippen MR) is 106 cm³/mol. The Balaban J connectivity index is 2.39. The molecule has 1 N–H and O–H groups in total. The van der Waals surface area contributed by atoms with E-state index in [-0.39, 0.29) is 22.0 Å². The van der Waals surface area contributed by atoms with E-state index in [0.717, 1.165) is 11.3 Å². The van der Waals surface area contributed by atoms with E-state index in [0.29, 0.717) is 22.0 Å². The van der Waals surface area contributed by atoms with Crippen molar-refractivity contribution in [3.05, 3.63) is 32.4 Å². The van der Waals surface area contributed by atoms with Crippen molar-refractivity contribution in [2.45, 2.75) is 40.7 Å². The monoisotopic (exact) mass is 427 g/mol. The third kappa shape index (κ3) is 4.05. The molecule has 0 aliphatic carbocycles. The Hall–Kier alpha value is -2.39. The summed E-state index contributed by atoms with van der Waals surface area (Å²) >= 11 is 7.12. The second-order valence-electron chi connectivity index (χ2n) is 6.07. The van der Waals surface area contributed by atoms with Gasteiger partial charge >= 0.3 is 11.9 Å². The smallest absolute Gasteiger partial charge is 0.348 e. The molecule has 10 heteroatoms. The number of hydrogen-bond donors (Lipinski definition) is 1. The Morgan fingerprint density at radius 3 is 2.39 bits per heavy atom. The van der Waals surface area contributed by atoms with Crippen molar-refractivity contribution in [1.29, 1.82) is 0 Å². The summed E-state index contributed by atoms with van der Waals surface area (Å²) in [5, 5.41) is 7.70. The van der Waals surface area contributed by atoms with Crippen LogP contribution in [0.1, 0.15) is 56.9 Å². The Morgan fingerprint density at radius 1 is 1.25 bits per heavy atom. The summed E-state index contributed by atoms with van der Waals surface area (Å²) in [5.74, 6) is -1.63. The van der Waals surface area contributed by atoms with Crippen molar-refractivity contribution >= 4 is 45.8 Å². The van der Waals surface area contributed by atoms with E-state index in [1.54, 1.807) is 34.6 Å². The molecule has 8 nitrogen and oxygen atoms in total.